The summed E-state index contributed by atoms with van der Waals surface area (Å²) in [5.74, 6) is 0.170. The smallest absolute Gasteiger partial charge is 0.132 e. The Labute approximate surface area is 104 Å². The molecule has 0 aliphatic rings. The lowest BCUT2D eigenvalue weighted by Gasteiger charge is -2.12. The summed E-state index contributed by atoms with van der Waals surface area (Å²) in [6.45, 7) is 2.01. The van der Waals surface area contributed by atoms with E-state index in [1.807, 2.05) is 19.1 Å². The third-order valence-corrected chi connectivity index (χ3v) is 3.69. The second-order valence-electron chi connectivity index (χ2n) is 3.81. The van der Waals surface area contributed by atoms with Crippen molar-refractivity contribution in [1.82, 2.24) is 0 Å². The maximum Gasteiger partial charge on any atom is 0.132 e. The van der Waals surface area contributed by atoms with Crippen LogP contribution in [0.25, 0.3) is 0 Å². The number of nitrogens with two attached hydrogens (primary N) is 1. The number of halogens is 1. The molecule has 2 nitrogen and oxygen atoms in total. The van der Waals surface area contributed by atoms with E-state index in [0.717, 1.165) is 4.88 Å². The summed E-state index contributed by atoms with van der Waals surface area (Å²) in [6, 6.07) is 8.26. The Balaban J connectivity index is 2.34. The minimum absolute atomic E-state index is 0.331. The molecule has 1 aromatic heterocycles. The first-order valence-corrected chi connectivity index (χ1v) is 6.09. The van der Waals surface area contributed by atoms with Gasteiger partial charge < -0.3 is 10.5 Å². The van der Waals surface area contributed by atoms with Crippen LogP contribution in [0.3, 0.4) is 0 Å². The predicted molar refractivity (Wildman–Crippen MR) is 68.0 cm³/mol. The van der Waals surface area contributed by atoms with E-state index in [-0.39, 0.29) is 5.82 Å². The van der Waals surface area contributed by atoms with Crippen LogP contribution in [0.2, 0.25) is 0 Å². The summed E-state index contributed by atoms with van der Waals surface area (Å²) in [5.41, 5.74) is 6.54. The Hall–Kier alpha value is -1.39. The van der Waals surface area contributed by atoms with Crippen molar-refractivity contribution in [2.45, 2.75) is 13.0 Å². The molecule has 0 amide bonds. The van der Waals surface area contributed by atoms with Crippen LogP contribution in [0, 0.1) is 12.7 Å². The van der Waals surface area contributed by atoms with Crippen LogP contribution in [0.15, 0.2) is 30.3 Å². The molecule has 90 valence electrons. The van der Waals surface area contributed by atoms with Crippen LogP contribution in [0.5, 0.6) is 5.75 Å². The Bertz CT molecular complexity index is 524. The first-order chi connectivity index (χ1) is 8.11. The van der Waals surface area contributed by atoms with Crippen molar-refractivity contribution in [2.24, 2.45) is 5.73 Å². The van der Waals surface area contributed by atoms with Crippen LogP contribution >= 0.6 is 11.3 Å². The van der Waals surface area contributed by atoms with Crippen molar-refractivity contribution in [3.05, 3.63) is 51.5 Å². The van der Waals surface area contributed by atoms with Crippen LogP contribution in [-0.2, 0) is 0 Å². The van der Waals surface area contributed by atoms with Crippen molar-refractivity contribution < 1.29 is 9.13 Å². The summed E-state index contributed by atoms with van der Waals surface area (Å²) in [4.78, 5) is 2.14. The topological polar surface area (TPSA) is 35.2 Å². The number of benzene rings is 1. The van der Waals surface area contributed by atoms with Crippen molar-refractivity contribution in [1.29, 1.82) is 0 Å². The van der Waals surface area contributed by atoms with Crippen LogP contribution in [0.1, 0.15) is 21.4 Å². The van der Waals surface area contributed by atoms with Gasteiger partial charge in [-0.3, -0.25) is 0 Å². The molecular formula is C13H14FNOS. The van der Waals surface area contributed by atoms with E-state index in [1.165, 1.54) is 18.1 Å². The van der Waals surface area contributed by atoms with Crippen molar-refractivity contribution in [2.75, 3.05) is 7.11 Å². The normalized spacial score (nSPS) is 12.5. The average Bonchev–Trinajstić information content (AvgIpc) is 2.75. The second kappa shape index (κ2) is 4.85. The molecule has 2 rings (SSSR count). The summed E-state index contributed by atoms with van der Waals surface area (Å²) in [5, 5.41) is 0. The lowest BCUT2D eigenvalue weighted by atomic mass is 10.1. The SMILES string of the molecule is COc1ccc(C(N)c2ccc(C)s2)c(F)c1. The Morgan fingerprint density at radius 1 is 1.29 bits per heavy atom. The molecule has 2 aromatic rings. The number of hydrogen-bond acceptors (Lipinski definition) is 3. The van der Waals surface area contributed by atoms with Gasteiger partial charge in [0, 0.05) is 21.4 Å². The van der Waals surface area contributed by atoms with Gasteiger partial charge in [0.05, 0.1) is 13.2 Å². The highest BCUT2D eigenvalue weighted by molar-refractivity contribution is 7.12. The summed E-state index contributed by atoms with van der Waals surface area (Å²) >= 11 is 1.59. The molecule has 0 aliphatic heterocycles. The quantitative estimate of drug-likeness (QED) is 0.908. The van der Waals surface area contributed by atoms with Gasteiger partial charge in [-0.05, 0) is 25.1 Å². The van der Waals surface area contributed by atoms with Gasteiger partial charge in [-0.1, -0.05) is 6.07 Å². The number of methoxy groups -OCH3 is 1. The average molecular weight is 251 g/mol. The first kappa shape index (κ1) is 12.1. The molecule has 1 unspecified atom stereocenters. The summed E-state index contributed by atoms with van der Waals surface area (Å²) < 4.78 is 18.8. The van der Waals surface area contributed by atoms with Crippen molar-refractivity contribution in [3.8, 4) is 5.75 Å². The molecule has 0 radical (unpaired) electrons. The van der Waals surface area contributed by atoms with E-state index >= 15 is 0 Å². The zero-order valence-corrected chi connectivity index (χ0v) is 10.6. The molecule has 0 spiro atoms. The Kier molecular flexibility index (Phi) is 3.45. The third kappa shape index (κ3) is 2.48. The molecule has 1 heterocycles. The first-order valence-electron chi connectivity index (χ1n) is 5.27. The Morgan fingerprint density at radius 3 is 2.59 bits per heavy atom. The third-order valence-electron chi connectivity index (χ3n) is 2.61. The van der Waals surface area contributed by atoms with Gasteiger partial charge in [0.25, 0.3) is 0 Å². The molecule has 0 aliphatic carbocycles. The van der Waals surface area contributed by atoms with E-state index in [1.54, 1.807) is 23.5 Å². The highest BCUT2D eigenvalue weighted by Gasteiger charge is 2.15. The fourth-order valence-corrected chi connectivity index (χ4v) is 2.56. The summed E-state index contributed by atoms with van der Waals surface area (Å²) in [6.07, 6.45) is 0. The van der Waals surface area contributed by atoms with Gasteiger partial charge in [-0.2, -0.15) is 0 Å². The number of ether oxygens (including phenoxy) is 1. The van der Waals surface area contributed by atoms with Crippen LogP contribution in [-0.4, -0.2) is 7.11 Å². The second-order valence-corrected chi connectivity index (χ2v) is 5.13. The zero-order valence-electron chi connectivity index (χ0n) is 9.74. The lowest BCUT2D eigenvalue weighted by molar-refractivity contribution is 0.410. The van der Waals surface area contributed by atoms with Crippen molar-refractivity contribution in [3.63, 3.8) is 0 Å². The molecule has 0 bridgehead atoms. The number of aryl methyl sites for hydroxylation is 1. The van der Waals surface area contributed by atoms with Crippen molar-refractivity contribution >= 4 is 11.3 Å². The molecule has 0 saturated carbocycles. The van der Waals surface area contributed by atoms with Gasteiger partial charge >= 0.3 is 0 Å². The lowest BCUT2D eigenvalue weighted by Crippen LogP contribution is -2.12. The van der Waals surface area contributed by atoms with Gasteiger partial charge in [0.15, 0.2) is 0 Å². The molecule has 2 N–H and O–H groups in total. The van der Waals surface area contributed by atoms with Gasteiger partial charge in [0.2, 0.25) is 0 Å². The molecule has 1 aromatic carbocycles. The predicted octanol–water partition coefficient (Wildman–Crippen LogP) is 3.25. The van der Waals surface area contributed by atoms with E-state index in [0.29, 0.717) is 11.3 Å². The molecule has 0 saturated heterocycles. The van der Waals surface area contributed by atoms with E-state index in [4.69, 9.17) is 10.5 Å². The van der Waals surface area contributed by atoms with Crippen LogP contribution < -0.4 is 10.5 Å². The minimum atomic E-state index is -0.417. The number of thiophene rings is 1. The van der Waals surface area contributed by atoms with Gasteiger partial charge in [-0.25, -0.2) is 4.39 Å². The molecule has 17 heavy (non-hydrogen) atoms. The standard InChI is InChI=1S/C13H14FNOS/c1-8-3-6-12(17-8)13(15)10-5-4-9(16-2)7-11(10)14/h3-7,13H,15H2,1-2H3. The fourth-order valence-electron chi connectivity index (χ4n) is 1.66. The van der Waals surface area contributed by atoms with E-state index in [2.05, 4.69) is 0 Å². The maximum atomic E-state index is 13.8. The molecular weight excluding hydrogens is 237 g/mol. The van der Waals surface area contributed by atoms with E-state index < -0.39 is 6.04 Å². The van der Waals surface area contributed by atoms with Gasteiger partial charge in [-0.15, -0.1) is 11.3 Å². The highest BCUT2D eigenvalue weighted by Crippen LogP contribution is 2.29. The number of hydrogen-bond donors (Lipinski definition) is 1. The molecule has 0 fully saturated rings. The minimum Gasteiger partial charge on any atom is -0.497 e. The molecule has 1 atom stereocenters. The van der Waals surface area contributed by atoms with Gasteiger partial charge in [0.1, 0.15) is 11.6 Å². The fraction of sp³-hybridized carbons (Fsp3) is 0.231. The number of rotatable bonds is 3. The van der Waals surface area contributed by atoms with Crippen LogP contribution in [0.4, 0.5) is 4.39 Å². The maximum absolute atomic E-state index is 13.8. The zero-order chi connectivity index (χ0) is 12.4. The monoisotopic (exact) mass is 251 g/mol. The Morgan fingerprint density at radius 2 is 2.06 bits per heavy atom. The van der Waals surface area contributed by atoms with E-state index in [9.17, 15) is 4.39 Å². The summed E-state index contributed by atoms with van der Waals surface area (Å²) in [7, 11) is 1.51. The molecule has 4 heteroatoms. The highest BCUT2D eigenvalue weighted by atomic mass is 32.1. The largest absolute Gasteiger partial charge is 0.497 e.